The molecule has 0 aliphatic heterocycles. The zero-order valence-corrected chi connectivity index (χ0v) is 19.0. The summed E-state index contributed by atoms with van der Waals surface area (Å²) in [5.41, 5.74) is -1.72. The minimum absolute atomic E-state index is 0.00829. The Bertz CT molecular complexity index is 1410. The molecular weight excluding hydrogens is 495 g/mol. The highest BCUT2D eigenvalue weighted by atomic mass is 35.5. The topological polar surface area (TPSA) is 70.5 Å². The number of benzene rings is 2. The smallest absolute Gasteiger partial charge is 0.272 e. The second-order valence-corrected chi connectivity index (χ2v) is 7.92. The lowest BCUT2D eigenvalue weighted by Gasteiger charge is -2.13. The van der Waals surface area contributed by atoms with Crippen molar-refractivity contribution in [2.45, 2.75) is 32.6 Å². The summed E-state index contributed by atoms with van der Waals surface area (Å²) in [5.74, 6) is -0.670. The fraction of sp³-hybridized carbons (Fsp3) is 0.273. The maximum absolute atomic E-state index is 13.5. The predicted octanol–water partition coefficient (Wildman–Crippen LogP) is 4.68. The average Bonchev–Trinajstić information content (AvgIpc) is 3.35. The molecule has 0 aliphatic carbocycles. The zero-order valence-electron chi connectivity index (χ0n) is 18.2. The van der Waals surface area contributed by atoms with Crippen molar-refractivity contribution in [2.24, 2.45) is 0 Å². The van der Waals surface area contributed by atoms with Crippen molar-refractivity contribution in [1.29, 1.82) is 0 Å². The molecule has 0 N–H and O–H groups in total. The number of hydrogen-bond acceptors (Lipinski definition) is 4. The lowest BCUT2D eigenvalue weighted by molar-refractivity contribution is -0.137. The molecule has 35 heavy (non-hydrogen) atoms. The van der Waals surface area contributed by atoms with Crippen LogP contribution in [0.4, 0.5) is 22.0 Å². The third kappa shape index (κ3) is 4.97. The maximum atomic E-state index is 13.5. The van der Waals surface area contributed by atoms with Gasteiger partial charge in [0.25, 0.3) is 0 Å². The van der Waals surface area contributed by atoms with E-state index in [9.17, 15) is 26.7 Å². The van der Waals surface area contributed by atoms with Crippen LogP contribution in [0, 0.1) is 5.82 Å². The SMILES string of the molecule is CCc1nc(Cn2nc(-c3ccc(Cl)cc3)n(CCF)c2=O)nn1-c1ccc(F)cc1C(F)(F)F. The van der Waals surface area contributed by atoms with Crippen molar-refractivity contribution in [1.82, 2.24) is 29.1 Å². The zero-order chi connectivity index (χ0) is 25.3. The van der Waals surface area contributed by atoms with E-state index >= 15 is 0 Å². The normalized spacial score (nSPS) is 11.9. The van der Waals surface area contributed by atoms with Gasteiger partial charge in [-0.05, 0) is 42.5 Å². The molecule has 184 valence electrons. The van der Waals surface area contributed by atoms with Crippen LogP contribution in [0.3, 0.4) is 0 Å². The van der Waals surface area contributed by atoms with Crippen LogP contribution >= 0.6 is 11.6 Å². The van der Waals surface area contributed by atoms with Gasteiger partial charge in [0.2, 0.25) is 0 Å². The molecule has 0 fully saturated rings. The molecule has 0 bridgehead atoms. The van der Waals surface area contributed by atoms with E-state index in [0.29, 0.717) is 16.7 Å². The third-order valence-corrected chi connectivity index (χ3v) is 5.40. The maximum Gasteiger partial charge on any atom is 0.418 e. The molecule has 0 saturated carbocycles. The number of halogens is 6. The van der Waals surface area contributed by atoms with Crippen molar-refractivity contribution in [3.8, 4) is 17.1 Å². The first-order chi connectivity index (χ1) is 16.6. The Morgan fingerprint density at radius 1 is 1.06 bits per heavy atom. The van der Waals surface area contributed by atoms with Crippen molar-refractivity contribution in [3.63, 3.8) is 0 Å². The molecule has 4 rings (SSSR count). The molecule has 2 aromatic heterocycles. The summed E-state index contributed by atoms with van der Waals surface area (Å²) in [4.78, 5) is 17.1. The van der Waals surface area contributed by atoms with Gasteiger partial charge in [-0.2, -0.15) is 13.2 Å². The number of hydrogen-bond donors (Lipinski definition) is 0. The van der Waals surface area contributed by atoms with E-state index in [1.165, 1.54) is 0 Å². The Labute approximate surface area is 200 Å². The van der Waals surface area contributed by atoms with Crippen molar-refractivity contribution >= 4 is 11.6 Å². The fourth-order valence-corrected chi connectivity index (χ4v) is 3.70. The molecular formula is C22H18ClF5N6O. The molecule has 0 unspecified atom stereocenters. The quantitative estimate of drug-likeness (QED) is 0.337. The predicted molar refractivity (Wildman–Crippen MR) is 118 cm³/mol. The van der Waals surface area contributed by atoms with Gasteiger partial charge in [-0.15, -0.1) is 10.2 Å². The van der Waals surface area contributed by atoms with Crippen LogP contribution in [0.15, 0.2) is 47.3 Å². The van der Waals surface area contributed by atoms with E-state index in [0.717, 1.165) is 26.1 Å². The summed E-state index contributed by atoms with van der Waals surface area (Å²) in [6.07, 6.45) is -4.62. The lowest BCUT2D eigenvalue weighted by Crippen LogP contribution is -2.26. The van der Waals surface area contributed by atoms with Crippen molar-refractivity contribution in [2.75, 3.05) is 6.67 Å². The molecule has 13 heteroatoms. The van der Waals surface area contributed by atoms with Gasteiger partial charge in [-0.3, -0.25) is 4.57 Å². The highest BCUT2D eigenvalue weighted by molar-refractivity contribution is 6.30. The van der Waals surface area contributed by atoms with Gasteiger partial charge in [-0.25, -0.2) is 27.9 Å². The summed E-state index contributed by atoms with van der Waals surface area (Å²) in [6, 6.07) is 8.69. The Morgan fingerprint density at radius 3 is 2.40 bits per heavy atom. The average molecular weight is 513 g/mol. The number of aryl methyl sites for hydroxylation is 1. The highest BCUT2D eigenvalue weighted by Crippen LogP contribution is 2.34. The summed E-state index contributed by atoms with van der Waals surface area (Å²) < 4.78 is 70.4. The van der Waals surface area contributed by atoms with Gasteiger partial charge >= 0.3 is 11.9 Å². The number of rotatable bonds is 7. The Hall–Kier alpha value is -3.54. The van der Waals surface area contributed by atoms with E-state index in [1.54, 1.807) is 31.2 Å². The minimum Gasteiger partial charge on any atom is -0.272 e. The molecule has 0 saturated heterocycles. The Balaban J connectivity index is 1.76. The molecule has 0 atom stereocenters. The molecule has 0 aliphatic rings. The second-order valence-electron chi connectivity index (χ2n) is 7.48. The van der Waals surface area contributed by atoms with Crippen LogP contribution < -0.4 is 5.69 Å². The minimum atomic E-state index is -4.83. The Kier molecular flexibility index (Phi) is 6.75. The number of alkyl halides is 4. The van der Waals surface area contributed by atoms with Crippen LogP contribution in [-0.2, 0) is 25.7 Å². The molecule has 0 amide bonds. The van der Waals surface area contributed by atoms with Crippen LogP contribution in [0.25, 0.3) is 17.1 Å². The highest BCUT2D eigenvalue weighted by Gasteiger charge is 2.35. The lowest BCUT2D eigenvalue weighted by atomic mass is 10.1. The van der Waals surface area contributed by atoms with Gasteiger partial charge in [0.05, 0.1) is 17.8 Å². The molecule has 0 radical (unpaired) electrons. The molecule has 7 nitrogen and oxygen atoms in total. The van der Waals surface area contributed by atoms with Gasteiger partial charge < -0.3 is 0 Å². The molecule has 4 aromatic rings. The third-order valence-electron chi connectivity index (χ3n) is 5.15. The van der Waals surface area contributed by atoms with Gasteiger partial charge in [-0.1, -0.05) is 18.5 Å². The van der Waals surface area contributed by atoms with Crippen molar-refractivity contribution < 1.29 is 22.0 Å². The second kappa shape index (κ2) is 9.61. The van der Waals surface area contributed by atoms with Crippen LogP contribution in [-0.4, -0.2) is 35.8 Å². The number of aromatic nitrogens is 6. The van der Waals surface area contributed by atoms with Crippen LogP contribution in [0.2, 0.25) is 5.02 Å². The largest absolute Gasteiger partial charge is 0.418 e. The van der Waals surface area contributed by atoms with E-state index < -0.39 is 35.6 Å². The summed E-state index contributed by atoms with van der Waals surface area (Å²) in [5, 5.41) is 8.88. The number of nitrogens with zero attached hydrogens (tertiary/aromatic N) is 6. The van der Waals surface area contributed by atoms with Gasteiger partial charge in [0.1, 0.15) is 24.9 Å². The van der Waals surface area contributed by atoms with E-state index in [1.807, 2.05) is 0 Å². The monoisotopic (exact) mass is 512 g/mol. The molecule has 2 heterocycles. The first-order valence-corrected chi connectivity index (χ1v) is 10.8. The summed E-state index contributed by atoms with van der Waals surface area (Å²) in [7, 11) is 0. The first-order valence-electron chi connectivity index (χ1n) is 10.4. The van der Waals surface area contributed by atoms with Gasteiger partial charge in [0.15, 0.2) is 11.6 Å². The first kappa shape index (κ1) is 24.6. The van der Waals surface area contributed by atoms with Crippen molar-refractivity contribution in [3.05, 3.63) is 81.0 Å². The van der Waals surface area contributed by atoms with E-state index in [-0.39, 0.29) is 37.0 Å². The van der Waals surface area contributed by atoms with Crippen LogP contribution in [0.1, 0.15) is 24.1 Å². The van der Waals surface area contributed by atoms with Crippen LogP contribution in [0.5, 0.6) is 0 Å². The molecule has 0 spiro atoms. The van der Waals surface area contributed by atoms with E-state index in [4.69, 9.17) is 11.6 Å². The van der Waals surface area contributed by atoms with E-state index in [2.05, 4.69) is 15.2 Å². The summed E-state index contributed by atoms with van der Waals surface area (Å²) in [6.45, 7) is 0.330. The summed E-state index contributed by atoms with van der Waals surface area (Å²) >= 11 is 5.91. The fourth-order valence-electron chi connectivity index (χ4n) is 3.58. The van der Waals surface area contributed by atoms with Gasteiger partial charge in [0, 0.05) is 17.0 Å². The molecule has 2 aromatic carbocycles. The standard InChI is InChI=1S/C22H18ClF5N6O/c1-2-19-29-18(30-34(19)17-8-7-15(25)11-16(17)22(26,27)28)12-33-21(35)32(10-9-24)20(31-33)13-3-5-14(23)6-4-13/h3-8,11H,2,9-10,12H2,1H3. The Morgan fingerprint density at radius 2 is 1.77 bits per heavy atom.